The minimum atomic E-state index is 0.404. The molecule has 1 aromatic heterocycles. The molecule has 0 saturated carbocycles. The van der Waals surface area contributed by atoms with Gasteiger partial charge >= 0.3 is 0 Å². The lowest BCUT2D eigenvalue weighted by atomic mass is 10.1. The predicted octanol–water partition coefficient (Wildman–Crippen LogP) is 3.67. The van der Waals surface area contributed by atoms with E-state index in [1.54, 1.807) is 0 Å². The molecule has 0 saturated heterocycles. The molecule has 1 N–H and O–H groups in total. The highest BCUT2D eigenvalue weighted by atomic mass is 16.5. The standard InChI is InChI=1S/C15H27N3O/c1-6-8-19-15-10-14(16-12(5)7-2)17-13(18-15)9-11(3)4/h10-12H,6-9H2,1-5H3,(H,16,17,18). The third-order valence-electron chi connectivity index (χ3n) is 2.80. The van der Waals surface area contributed by atoms with Gasteiger partial charge in [0, 0.05) is 18.5 Å². The quantitative estimate of drug-likeness (QED) is 0.779. The Labute approximate surface area is 117 Å². The summed E-state index contributed by atoms with van der Waals surface area (Å²) in [6.45, 7) is 11.4. The van der Waals surface area contributed by atoms with Crippen LogP contribution in [0.25, 0.3) is 0 Å². The van der Waals surface area contributed by atoms with E-state index < -0.39 is 0 Å². The molecule has 0 amide bonds. The lowest BCUT2D eigenvalue weighted by Crippen LogP contribution is -2.16. The van der Waals surface area contributed by atoms with Gasteiger partial charge < -0.3 is 10.1 Å². The van der Waals surface area contributed by atoms with Crippen LogP contribution in [0.5, 0.6) is 5.88 Å². The van der Waals surface area contributed by atoms with E-state index in [4.69, 9.17) is 4.74 Å². The molecule has 0 aliphatic rings. The van der Waals surface area contributed by atoms with Gasteiger partial charge in [-0.05, 0) is 25.7 Å². The summed E-state index contributed by atoms with van der Waals surface area (Å²) < 4.78 is 5.64. The zero-order chi connectivity index (χ0) is 14.3. The number of hydrogen-bond donors (Lipinski definition) is 1. The molecule has 1 unspecified atom stereocenters. The molecule has 0 aliphatic heterocycles. The monoisotopic (exact) mass is 265 g/mol. The lowest BCUT2D eigenvalue weighted by Gasteiger charge is -2.15. The van der Waals surface area contributed by atoms with Gasteiger partial charge in [-0.2, -0.15) is 4.98 Å². The highest BCUT2D eigenvalue weighted by Crippen LogP contribution is 2.17. The second kappa shape index (κ2) is 7.97. The maximum atomic E-state index is 5.64. The highest BCUT2D eigenvalue weighted by molar-refractivity contribution is 5.39. The molecule has 1 atom stereocenters. The molecular formula is C15H27N3O. The Kier molecular flexibility index (Phi) is 6.60. The molecule has 19 heavy (non-hydrogen) atoms. The van der Waals surface area contributed by atoms with Crippen molar-refractivity contribution in [1.82, 2.24) is 9.97 Å². The molecule has 0 fully saturated rings. The summed E-state index contributed by atoms with van der Waals surface area (Å²) in [6, 6.07) is 2.30. The summed E-state index contributed by atoms with van der Waals surface area (Å²) in [5.74, 6) is 2.94. The maximum Gasteiger partial charge on any atom is 0.218 e. The van der Waals surface area contributed by atoms with Gasteiger partial charge in [0.25, 0.3) is 0 Å². The van der Waals surface area contributed by atoms with Gasteiger partial charge in [-0.1, -0.05) is 27.7 Å². The fraction of sp³-hybridized carbons (Fsp3) is 0.733. The fourth-order valence-corrected chi connectivity index (χ4v) is 1.64. The van der Waals surface area contributed by atoms with Crippen LogP contribution in [0.3, 0.4) is 0 Å². The Balaban J connectivity index is 2.87. The van der Waals surface area contributed by atoms with Crippen LogP contribution in [0.4, 0.5) is 5.82 Å². The Morgan fingerprint density at radius 2 is 1.95 bits per heavy atom. The molecule has 0 aromatic carbocycles. The zero-order valence-corrected chi connectivity index (χ0v) is 12.9. The van der Waals surface area contributed by atoms with Crippen LogP contribution in [0, 0.1) is 5.92 Å². The van der Waals surface area contributed by atoms with Crippen molar-refractivity contribution in [1.29, 1.82) is 0 Å². The van der Waals surface area contributed by atoms with Crippen LogP contribution < -0.4 is 10.1 Å². The Morgan fingerprint density at radius 3 is 2.53 bits per heavy atom. The largest absolute Gasteiger partial charge is 0.478 e. The molecule has 1 aromatic rings. The molecule has 0 aliphatic carbocycles. The number of ether oxygens (including phenoxy) is 1. The normalized spacial score (nSPS) is 12.5. The number of nitrogens with one attached hydrogen (secondary N) is 1. The third-order valence-corrected chi connectivity index (χ3v) is 2.80. The average Bonchev–Trinajstić information content (AvgIpc) is 2.35. The number of nitrogens with zero attached hydrogens (tertiary/aromatic N) is 2. The summed E-state index contributed by atoms with van der Waals surface area (Å²) in [4.78, 5) is 9.04. The van der Waals surface area contributed by atoms with Crippen LogP contribution in [-0.4, -0.2) is 22.6 Å². The van der Waals surface area contributed by atoms with E-state index in [-0.39, 0.29) is 0 Å². The van der Waals surface area contributed by atoms with E-state index >= 15 is 0 Å². The molecule has 4 nitrogen and oxygen atoms in total. The summed E-state index contributed by atoms with van der Waals surface area (Å²) in [6.07, 6.45) is 2.92. The third kappa shape index (κ3) is 5.90. The highest BCUT2D eigenvalue weighted by Gasteiger charge is 2.09. The molecular weight excluding hydrogens is 238 g/mol. The summed E-state index contributed by atoms with van der Waals surface area (Å²) in [5.41, 5.74) is 0. The summed E-state index contributed by atoms with van der Waals surface area (Å²) >= 11 is 0. The van der Waals surface area contributed by atoms with Crippen LogP contribution in [0.2, 0.25) is 0 Å². The first-order chi connectivity index (χ1) is 9.05. The van der Waals surface area contributed by atoms with Crippen molar-refractivity contribution in [2.24, 2.45) is 5.92 Å². The summed E-state index contributed by atoms with van der Waals surface area (Å²) in [5, 5.41) is 3.39. The first kappa shape index (κ1) is 15.7. The smallest absolute Gasteiger partial charge is 0.218 e. The SMILES string of the molecule is CCCOc1cc(NC(C)CC)nc(CC(C)C)n1. The van der Waals surface area contributed by atoms with Gasteiger partial charge in [-0.15, -0.1) is 0 Å². The second-order valence-corrected chi connectivity index (χ2v) is 5.41. The second-order valence-electron chi connectivity index (χ2n) is 5.41. The van der Waals surface area contributed by atoms with Gasteiger partial charge in [0.1, 0.15) is 11.6 Å². The van der Waals surface area contributed by atoms with Crippen molar-refractivity contribution >= 4 is 5.82 Å². The summed E-state index contributed by atoms with van der Waals surface area (Å²) in [7, 11) is 0. The van der Waals surface area contributed by atoms with Crippen LogP contribution in [0.15, 0.2) is 6.07 Å². The number of aromatic nitrogens is 2. The van der Waals surface area contributed by atoms with E-state index in [1.165, 1.54) is 0 Å². The van der Waals surface area contributed by atoms with Crippen molar-refractivity contribution in [2.45, 2.75) is 59.9 Å². The van der Waals surface area contributed by atoms with Crippen molar-refractivity contribution in [3.05, 3.63) is 11.9 Å². The molecule has 0 radical (unpaired) electrons. The van der Waals surface area contributed by atoms with Gasteiger partial charge in [-0.3, -0.25) is 0 Å². The Morgan fingerprint density at radius 1 is 1.21 bits per heavy atom. The predicted molar refractivity (Wildman–Crippen MR) is 79.7 cm³/mol. The molecule has 108 valence electrons. The molecule has 1 rings (SSSR count). The van der Waals surface area contributed by atoms with Crippen molar-refractivity contribution < 1.29 is 4.74 Å². The molecule has 0 spiro atoms. The fourth-order valence-electron chi connectivity index (χ4n) is 1.64. The van der Waals surface area contributed by atoms with Gasteiger partial charge in [0.15, 0.2) is 0 Å². The minimum Gasteiger partial charge on any atom is -0.478 e. The maximum absolute atomic E-state index is 5.64. The van der Waals surface area contributed by atoms with Gasteiger partial charge in [-0.25, -0.2) is 4.98 Å². The first-order valence-electron chi connectivity index (χ1n) is 7.32. The Bertz CT molecular complexity index is 380. The van der Waals surface area contributed by atoms with E-state index in [0.29, 0.717) is 24.4 Å². The van der Waals surface area contributed by atoms with Crippen LogP contribution in [0.1, 0.15) is 53.3 Å². The number of rotatable bonds is 8. The van der Waals surface area contributed by atoms with Crippen molar-refractivity contribution in [2.75, 3.05) is 11.9 Å². The number of anilines is 1. The molecule has 0 bridgehead atoms. The van der Waals surface area contributed by atoms with E-state index in [9.17, 15) is 0 Å². The van der Waals surface area contributed by atoms with Crippen molar-refractivity contribution in [3.63, 3.8) is 0 Å². The molecule has 1 heterocycles. The Hall–Kier alpha value is -1.32. The number of hydrogen-bond acceptors (Lipinski definition) is 4. The van der Waals surface area contributed by atoms with Gasteiger partial charge in [0.05, 0.1) is 6.61 Å². The first-order valence-corrected chi connectivity index (χ1v) is 7.32. The minimum absolute atomic E-state index is 0.404. The molecule has 4 heteroatoms. The average molecular weight is 265 g/mol. The lowest BCUT2D eigenvalue weighted by molar-refractivity contribution is 0.303. The van der Waals surface area contributed by atoms with Gasteiger partial charge in [0.2, 0.25) is 5.88 Å². The zero-order valence-electron chi connectivity index (χ0n) is 12.9. The van der Waals surface area contributed by atoms with Crippen LogP contribution >= 0.6 is 0 Å². The topological polar surface area (TPSA) is 47.0 Å². The van der Waals surface area contributed by atoms with E-state index in [0.717, 1.165) is 30.9 Å². The van der Waals surface area contributed by atoms with E-state index in [1.807, 2.05) is 6.07 Å². The van der Waals surface area contributed by atoms with Crippen LogP contribution in [-0.2, 0) is 6.42 Å². The van der Waals surface area contributed by atoms with Crippen molar-refractivity contribution in [3.8, 4) is 5.88 Å². The van der Waals surface area contributed by atoms with E-state index in [2.05, 4.69) is 49.9 Å².